The summed E-state index contributed by atoms with van der Waals surface area (Å²) in [7, 11) is 0. The van der Waals surface area contributed by atoms with Gasteiger partial charge in [0.15, 0.2) is 5.58 Å². The molecule has 3 heterocycles. The minimum absolute atomic E-state index is 0.0636. The third-order valence-corrected chi connectivity index (χ3v) is 5.93. The molecule has 1 aromatic carbocycles. The lowest BCUT2D eigenvalue weighted by Gasteiger charge is -2.33. The minimum atomic E-state index is -2.91. The van der Waals surface area contributed by atoms with Crippen molar-refractivity contribution in [1.29, 1.82) is 0 Å². The van der Waals surface area contributed by atoms with Crippen molar-refractivity contribution >= 4 is 17.0 Å². The molecule has 1 amide bonds. The summed E-state index contributed by atoms with van der Waals surface area (Å²) in [5.74, 6) is -3.51. The highest BCUT2D eigenvalue weighted by atomic mass is 19.3. The molecular weight excluding hydrogens is 430 g/mol. The van der Waals surface area contributed by atoms with E-state index in [0.29, 0.717) is 17.5 Å². The first-order valence-corrected chi connectivity index (χ1v) is 10.7. The van der Waals surface area contributed by atoms with Crippen LogP contribution in [0.2, 0.25) is 0 Å². The molecule has 1 aliphatic carbocycles. The van der Waals surface area contributed by atoms with E-state index in [2.05, 4.69) is 15.4 Å². The molecule has 0 spiro atoms. The molecule has 1 saturated carbocycles. The molecule has 4 aromatic rings. The number of halogens is 2. The molecule has 7 nitrogen and oxygen atoms in total. The van der Waals surface area contributed by atoms with Crippen molar-refractivity contribution in [2.24, 2.45) is 0 Å². The van der Waals surface area contributed by atoms with E-state index in [1.807, 2.05) is 36.5 Å². The molecule has 2 N–H and O–H groups in total. The molecule has 170 valence electrons. The van der Waals surface area contributed by atoms with E-state index < -0.39 is 30.4 Å². The zero-order chi connectivity index (χ0) is 23.0. The van der Waals surface area contributed by atoms with Gasteiger partial charge in [-0.2, -0.15) is 5.10 Å². The topological polar surface area (TPSA) is 93.2 Å². The molecule has 9 heteroatoms. The number of aliphatic hydroxyl groups excluding tert-OH is 1. The van der Waals surface area contributed by atoms with Gasteiger partial charge in [-0.15, -0.1) is 0 Å². The van der Waals surface area contributed by atoms with Crippen LogP contribution in [0, 0.1) is 0 Å². The second kappa shape index (κ2) is 8.40. The van der Waals surface area contributed by atoms with Crippen LogP contribution in [0.4, 0.5) is 8.78 Å². The van der Waals surface area contributed by atoms with Crippen LogP contribution < -0.4 is 5.32 Å². The molecule has 0 radical (unpaired) electrons. The highest BCUT2D eigenvalue weighted by Gasteiger charge is 2.41. The van der Waals surface area contributed by atoms with Crippen molar-refractivity contribution in [2.75, 3.05) is 0 Å². The molecule has 0 unspecified atom stereocenters. The van der Waals surface area contributed by atoms with E-state index in [1.54, 1.807) is 23.0 Å². The third kappa shape index (κ3) is 4.49. The number of pyridine rings is 1. The number of alkyl halides is 2. The monoisotopic (exact) mass is 452 g/mol. The Bertz CT molecular complexity index is 1270. The quantitative estimate of drug-likeness (QED) is 0.479. The van der Waals surface area contributed by atoms with Crippen molar-refractivity contribution < 1.29 is 23.1 Å². The van der Waals surface area contributed by atoms with E-state index in [4.69, 9.17) is 4.42 Å². The van der Waals surface area contributed by atoms with Crippen LogP contribution >= 0.6 is 0 Å². The number of aromatic nitrogens is 3. The molecule has 0 saturated heterocycles. The van der Waals surface area contributed by atoms with Gasteiger partial charge >= 0.3 is 0 Å². The van der Waals surface area contributed by atoms with Gasteiger partial charge in [0.25, 0.3) is 5.91 Å². The van der Waals surface area contributed by atoms with Gasteiger partial charge in [0, 0.05) is 43.3 Å². The Kier molecular flexibility index (Phi) is 5.41. The summed E-state index contributed by atoms with van der Waals surface area (Å²) < 4.78 is 34.9. The van der Waals surface area contributed by atoms with Crippen LogP contribution in [0.15, 0.2) is 65.5 Å². The molecular formula is C24H22F2N4O3. The molecule has 2 atom stereocenters. The number of hydrogen-bond acceptors (Lipinski definition) is 5. The van der Waals surface area contributed by atoms with Gasteiger partial charge < -0.3 is 14.8 Å². The Morgan fingerprint density at radius 3 is 2.85 bits per heavy atom. The fraction of sp³-hybridized carbons (Fsp3) is 0.292. The maximum absolute atomic E-state index is 13.8. The first kappa shape index (κ1) is 21.3. The van der Waals surface area contributed by atoms with E-state index in [9.17, 15) is 18.7 Å². The number of fused-ring (bicyclic) bond motifs is 1. The van der Waals surface area contributed by atoms with E-state index in [-0.39, 0.29) is 18.5 Å². The van der Waals surface area contributed by atoms with Crippen molar-refractivity contribution in [3.8, 4) is 5.69 Å². The van der Waals surface area contributed by atoms with Crippen molar-refractivity contribution in [3.63, 3.8) is 0 Å². The van der Waals surface area contributed by atoms with Gasteiger partial charge in [-0.3, -0.25) is 4.79 Å². The van der Waals surface area contributed by atoms with Gasteiger partial charge in [-0.05, 0) is 36.2 Å². The van der Waals surface area contributed by atoms with Crippen LogP contribution in [0.1, 0.15) is 40.9 Å². The number of carbonyl (C=O) groups excluding carboxylic acids is 1. The number of carbonyl (C=O) groups is 1. The second-order valence-electron chi connectivity index (χ2n) is 8.34. The predicted octanol–water partition coefficient (Wildman–Crippen LogP) is 3.88. The summed E-state index contributed by atoms with van der Waals surface area (Å²) in [5.41, 5.74) is 3.81. The number of rotatable bonds is 5. The van der Waals surface area contributed by atoms with Gasteiger partial charge in [-0.1, -0.05) is 12.1 Å². The lowest BCUT2D eigenvalue weighted by molar-refractivity contribution is -0.0768. The Labute approximate surface area is 188 Å². The lowest BCUT2D eigenvalue weighted by Crippen LogP contribution is -2.50. The predicted molar refractivity (Wildman–Crippen MR) is 116 cm³/mol. The summed E-state index contributed by atoms with van der Waals surface area (Å²) in [6.45, 7) is 0. The smallest absolute Gasteiger partial charge is 0.270 e. The first-order valence-electron chi connectivity index (χ1n) is 10.7. The largest absolute Gasteiger partial charge is 0.462 e. The zero-order valence-corrected chi connectivity index (χ0v) is 17.6. The Morgan fingerprint density at radius 2 is 2.09 bits per heavy atom. The van der Waals surface area contributed by atoms with Crippen molar-refractivity contribution in [1.82, 2.24) is 20.1 Å². The average molecular weight is 452 g/mol. The molecule has 0 bridgehead atoms. The van der Waals surface area contributed by atoms with Gasteiger partial charge in [0.05, 0.1) is 24.1 Å². The summed E-state index contributed by atoms with van der Waals surface area (Å²) in [6, 6.07) is 11.9. The Morgan fingerprint density at radius 1 is 1.27 bits per heavy atom. The number of benzene rings is 1. The van der Waals surface area contributed by atoms with E-state index in [0.717, 1.165) is 16.8 Å². The molecule has 1 fully saturated rings. The molecule has 5 rings (SSSR count). The van der Waals surface area contributed by atoms with Crippen LogP contribution in [-0.4, -0.2) is 43.8 Å². The Balaban J connectivity index is 1.38. The number of furan rings is 1. The van der Waals surface area contributed by atoms with Crippen LogP contribution in [-0.2, 0) is 6.42 Å². The second-order valence-corrected chi connectivity index (χ2v) is 8.34. The van der Waals surface area contributed by atoms with Crippen molar-refractivity contribution in [2.45, 2.75) is 43.8 Å². The fourth-order valence-electron chi connectivity index (χ4n) is 4.19. The maximum atomic E-state index is 13.8. The molecule has 0 aliphatic heterocycles. The summed E-state index contributed by atoms with van der Waals surface area (Å²) in [6.07, 6.45) is 3.48. The number of amides is 1. The van der Waals surface area contributed by atoms with Gasteiger partial charge in [0.1, 0.15) is 11.2 Å². The molecule has 3 aromatic heterocycles. The highest BCUT2D eigenvalue weighted by molar-refractivity contribution is 5.95. The minimum Gasteiger partial charge on any atom is -0.462 e. The standard InChI is InChI=1S/C24H22F2N4O3/c25-24(26)8-6-21(31)20(14-24)29-23(32)19-13-16(22-18(28-19)7-11-33-22)12-15-2-4-17(5-3-15)30-10-1-9-27-30/h1-5,7,9-11,13,20-21,31H,6,8,12,14H2,(H,29,32)/t20-,21-/m0/s1. The Hall–Kier alpha value is -3.59. The van der Waals surface area contributed by atoms with Crippen LogP contribution in [0.3, 0.4) is 0 Å². The molecule has 33 heavy (non-hydrogen) atoms. The normalized spacial score (nSPS) is 20.1. The number of aliphatic hydroxyl groups is 1. The summed E-state index contributed by atoms with van der Waals surface area (Å²) in [5, 5.41) is 16.8. The number of hydrogen-bond donors (Lipinski definition) is 2. The summed E-state index contributed by atoms with van der Waals surface area (Å²) in [4.78, 5) is 17.2. The van der Waals surface area contributed by atoms with Crippen LogP contribution in [0.25, 0.3) is 16.8 Å². The number of nitrogens with one attached hydrogen (secondary N) is 1. The number of nitrogens with zero attached hydrogens (tertiary/aromatic N) is 3. The highest BCUT2D eigenvalue weighted by Crippen LogP contribution is 2.33. The lowest BCUT2D eigenvalue weighted by atomic mass is 9.89. The third-order valence-electron chi connectivity index (χ3n) is 5.93. The summed E-state index contributed by atoms with van der Waals surface area (Å²) >= 11 is 0. The average Bonchev–Trinajstić information content (AvgIpc) is 3.49. The SMILES string of the molecule is O=C(N[C@H]1CC(F)(F)CC[C@@H]1O)c1cc(Cc2ccc(-n3cccn3)cc2)c2occc2n1. The first-order chi connectivity index (χ1) is 15.9. The van der Waals surface area contributed by atoms with E-state index in [1.165, 1.54) is 6.26 Å². The maximum Gasteiger partial charge on any atom is 0.270 e. The zero-order valence-electron chi connectivity index (χ0n) is 17.6. The van der Waals surface area contributed by atoms with Gasteiger partial charge in [-0.25, -0.2) is 18.4 Å². The molecule has 1 aliphatic rings. The van der Waals surface area contributed by atoms with Gasteiger partial charge in [0.2, 0.25) is 5.92 Å². The van der Waals surface area contributed by atoms with Crippen LogP contribution in [0.5, 0.6) is 0 Å². The van der Waals surface area contributed by atoms with E-state index >= 15 is 0 Å². The van der Waals surface area contributed by atoms with Crippen molar-refractivity contribution in [3.05, 3.63) is 77.9 Å². The fourth-order valence-corrected chi connectivity index (χ4v) is 4.19.